The summed E-state index contributed by atoms with van der Waals surface area (Å²) < 4.78 is 13.0. The molecule has 1 saturated heterocycles. The van der Waals surface area contributed by atoms with Crippen molar-refractivity contribution >= 4 is 21.7 Å². The monoisotopic (exact) mass is 314 g/mol. The number of ether oxygens (including phenoxy) is 2. The largest absolute Gasteiger partial charge is 0.373 e. The van der Waals surface area contributed by atoms with Crippen LogP contribution in [0.5, 0.6) is 0 Å². The Bertz CT molecular complexity index is 444. The predicted octanol–water partition coefficient (Wildman–Crippen LogP) is 3.49. The third kappa shape index (κ3) is 2.27. The number of aromatic nitrogens is 1. The maximum atomic E-state index is 6.02. The van der Waals surface area contributed by atoms with Crippen LogP contribution in [0.2, 0.25) is 0 Å². The lowest BCUT2D eigenvalue weighted by molar-refractivity contribution is -0.0892. The molecular formula is C13H19BrN2O2. The Balaban J connectivity index is 2.37. The highest BCUT2D eigenvalue weighted by Crippen LogP contribution is 2.46. The molecule has 1 aliphatic heterocycles. The Morgan fingerprint density at radius 1 is 1.22 bits per heavy atom. The summed E-state index contributed by atoms with van der Waals surface area (Å²) in [6.07, 6.45) is 1.35. The molecule has 2 heterocycles. The minimum Gasteiger partial charge on any atom is -0.373 e. The van der Waals surface area contributed by atoms with Gasteiger partial charge in [0.05, 0.1) is 16.8 Å². The maximum Gasteiger partial charge on any atom is 0.188 e. The number of rotatable bonds is 2. The van der Waals surface area contributed by atoms with Crippen LogP contribution < -0.4 is 5.32 Å². The van der Waals surface area contributed by atoms with Crippen LogP contribution in [0.3, 0.4) is 0 Å². The van der Waals surface area contributed by atoms with Gasteiger partial charge in [-0.15, -0.1) is 0 Å². The Kier molecular flexibility index (Phi) is 3.42. The van der Waals surface area contributed by atoms with Crippen molar-refractivity contribution in [2.45, 2.75) is 45.2 Å². The molecule has 4 nitrogen and oxygen atoms in total. The quantitative estimate of drug-likeness (QED) is 0.907. The number of hydrogen-bond donors (Lipinski definition) is 1. The van der Waals surface area contributed by atoms with E-state index in [0.717, 1.165) is 15.9 Å². The van der Waals surface area contributed by atoms with Gasteiger partial charge in [0.2, 0.25) is 0 Å². The van der Waals surface area contributed by atoms with Crippen molar-refractivity contribution in [3.63, 3.8) is 0 Å². The lowest BCUT2D eigenvalue weighted by Gasteiger charge is -2.30. The molecule has 1 N–H and O–H groups in total. The van der Waals surface area contributed by atoms with Crippen LogP contribution in [0, 0.1) is 0 Å². The molecule has 1 fully saturated rings. The molecule has 0 atom stereocenters. The van der Waals surface area contributed by atoms with E-state index in [-0.39, 0.29) is 11.2 Å². The fourth-order valence-corrected chi connectivity index (χ4v) is 2.16. The summed E-state index contributed by atoms with van der Waals surface area (Å²) in [7, 11) is 1.84. The zero-order chi connectivity index (χ0) is 13.6. The Labute approximate surface area is 116 Å². The summed E-state index contributed by atoms with van der Waals surface area (Å²) in [5, 5.41) is 3.06. The number of nitrogens with one attached hydrogen (secondary N) is 1. The molecule has 0 saturated carbocycles. The molecule has 100 valence electrons. The average molecular weight is 315 g/mol. The Morgan fingerprint density at radius 2 is 1.78 bits per heavy atom. The zero-order valence-corrected chi connectivity index (χ0v) is 13.0. The van der Waals surface area contributed by atoms with E-state index in [1.54, 1.807) is 6.20 Å². The summed E-state index contributed by atoms with van der Waals surface area (Å²) in [5.41, 5.74) is 0.223. The van der Waals surface area contributed by atoms with Gasteiger partial charge in [0.1, 0.15) is 5.82 Å². The van der Waals surface area contributed by atoms with Gasteiger partial charge in [-0.25, -0.2) is 4.98 Å². The molecule has 1 aromatic heterocycles. The molecular weight excluding hydrogens is 296 g/mol. The van der Waals surface area contributed by atoms with Crippen LogP contribution in [0.25, 0.3) is 0 Å². The third-order valence-corrected chi connectivity index (χ3v) is 4.06. The molecule has 1 aromatic rings. The first-order valence-corrected chi connectivity index (χ1v) is 6.75. The number of pyridine rings is 1. The highest BCUT2D eigenvalue weighted by Gasteiger charge is 2.50. The van der Waals surface area contributed by atoms with Gasteiger partial charge in [-0.1, -0.05) is 0 Å². The highest BCUT2D eigenvalue weighted by atomic mass is 79.9. The van der Waals surface area contributed by atoms with E-state index in [4.69, 9.17) is 9.47 Å². The van der Waals surface area contributed by atoms with Gasteiger partial charge in [-0.3, -0.25) is 0 Å². The molecule has 0 spiro atoms. The molecule has 5 heteroatoms. The molecule has 0 bridgehead atoms. The van der Waals surface area contributed by atoms with Gasteiger partial charge >= 0.3 is 0 Å². The SMILES string of the molecule is CNc1ncc(Br)cc1C1OC(C)(C)C(C)(C)O1. The average Bonchev–Trinajstić information content (AvgIpc) is 2.48. The van der Waals surface area contributed by atoms with Crippen LogP contribution in [-0.2, 0) is 9.47 Å². The van der Waals surface area contributed by atoms with Gasteiger partial charge < -0.3 is 14.8 Å². The van der Waals surface area contributed by atoms with Crippen LogP contribution >= 0.6 is 15.9 Å². The third-order valence-electron chi connectivity index (χ3n) is 3.63. The summed E-state index contributed by atoms with van der Waals surface area (Å²) in [4.78, 5) is 4.32. The lowest BCUT2D eigenvalue weighted by atomic mass is 9.90. The van der Waals surface area contributed by atoms with Crippen molar-refractivity contribution in [1.82, 2.24) is 4.98 Å². The summed E-state index contributed by atoms with van der Waals surface area (Å²) in [6.45, 7) is 8.16. The first-order valence-electron chi connectivity index (χ1n) is 5.96. The number of nitrogens with zero attached hydrogens (tertiary/aromatic N) is 1. The van der Waals surface area contributed by atoms with Crippen LogP contribution in [-0.4, -0.2) is 23.2 Å². The molecule has 0 aliphatic carbocycles. The van der Waals surface area contributed by atoms with Crippen molar-refractivity contribution < 1.29 is 9.47 Å². The molecule has 0 radical (unpaired) electrons. The van der Waals surface area contributed by atoms with E-state index in [1.165, 1.54) is 0 Å². The van der Waals surface area contributed by atoms with Gasteiger partial charge in [0.15, 0.2) is 6.29 Å². The number of halogens is 1. The van der Waals surface area contributed by atoms with E-state index in [0.29, 0.717) is 0 Å². The normalized spacial score (nSPS) is 22.1. The van der Waals surface area contributed by atoms with E-state index in [9.17, 15) is 0 Å². The topological polar surface area (TPSA) is 43.4 Å². The first kappa shape index (κ1) is 13.8. The zero-order valence-electron chi connectivity index (χ0n) is 11.4. The number of hydrogen-bond acceptors (Lipinski definition) is 4. The smallest absolute Gasteiger partial charge is 0.188 e. The molecule has 0 aromatic carbocycles. The van der Waals surface area contributed by atoms with Crippen molar-refractivity contribution in [1.29, 1.82) is 0 Å². The second-order valence-electron chi connectivity index (χ2n) is 5.43. The van der Waals surface area contributed by atoms with Crippen LogP contribution in [0.4, 0.5) is 5.82 Å². The van der Waals surface area contributed by atoms with Gasteiger partial charge in [-0.05, 0) is 49.7 Å². The minimum atomic E-state index is -0.401. The highest BCUT2D eigenvalue weighted by molar-refractivity contribution is 9.10. The van der Waals surface area contributed by atoms with Gasteiger partial charge in [0.25, 0.3) is 0 Å². The van der Waals surface area contributed by atoms with E-state index >= 15 is 0 Å². The Morgan fingerprint density at radius 3 is 2.28 bits per heavy atom. The predicted molar refractivity (Wildman–Crippen MR) is 74.6 cm³/mol. The van der Waals surface area contributed by atoms with E-state index in [1.807, 2.05) is 40.8 Å². The molecule has 18 heavy (non-hydrogen) atoms. The van der Waals surface area contributed by atoms with Crippen molar-refractivity contribution in [3.05, 3.63) is 22.3 Å². The van der Waals surface area contributed by atoms with Gasteiger partial charge in [0, 0.05) is 17.7 Å². The van der Waals surface area contributed by atoms with E-state index < -0.39 is 6.29 Å². The molecule has 2 rings (SSSR count). The van der Waals surface area contributed by atoms with Crippen molar-refractivity contribution in [2.24, 2.45) is 0 Å². The second-order valence-corrected chi connectivity index (χ2v) is 6.35. The van der Waals surface area contributed by atoms with E-state index in [2.05, 4.69) is 26.2 Å². The Hall–Kier alpha value is -0.650. The summed E-state index contributed by atoms with van der Waals surface area (Å²) in [5.74, 6) is 0.775. The summed E-state index contributed by atoms with van der Waals surface area (Å²) in [6, 6.07) is 1.97. The first-order chi connectivity index (χ1) is 8.27. The fraction of sp³-hybridized carbons (Fsp3) is 0.615. The number of anilines is 1. The summed E-state index contributed by atoms with van der Waals surface area (Å²) >= 11 is 3.43. The van der Waals surface area contributed by atoms with Crippen molar-refractivity contribution in [3.8, 4) is 0 Å². The lowest BCUT2D eigenvalue weighted by Crippen LogP contribution is -2.41. The molecule has 0 unspecified atom stereocenters. The molecule has 1 aliphatic rings. The standard InChI is InChI=1S/C13H19BrN2O2/c1-12(2)13(3,4)18-11(17-12)9-6-8(14)7-16-10(9)15-5/h6-7,11H,1-5H3,(H,15,16). The van der Waals surface area contributed by atoms with Crippen LogP contribution in [0.1, 0.15) is 39.5 Å². The minimum absolute atomic E-state index is 0.342. The maximum absolute atomic E-state index is 6.02. The second kappa shape index (κ2) is 4.47. The fourth-order valence-electron chi connectivity index (χ4n) is 1.81. The molecule has 0 amide bonds. The van der Waals surface area contributed by atoms with Crippen molar-refractivity contribution in [2.75, 3.05) is 12.4 Å². The van der Waals surface area contributed by atoms with Crippen LogP contribution in [0.15, 0.2) is 16.7 Å². The van der Waals surface area contributed by atoms with Gasteiger partial charge in [-0.2, -0.15) is 0 Å².